The zero-order chi connectivity index (χ0) is 13.7. The number of carbonyl (C=O) groups is 1. The molecule has 6 nitrogen and oxygen atoms in total. The normalized spacial score (nSPS) is 16.2. The molecular formula is C12H17FN4O2. The third kappa shape index (κ3) is 3.77. The Balaban J connectivity index is 1.80. The lowest BCUT2D eigenvalue weighted by Gasteiger charge is -2.31. The Hall–Kier alpha value is -1.92. The molecule has 0 spiro atoms. The zero-order valence-electron chi connectivity index (χ0n) is 10.8. The second-order valence-electron chi connectivity index (χ2n) is 4.32. The second-order valence-corrected chi connectivity index (χ2v) is 4.32. The summed E-state index contributed by atoms with van der Waals surface area (Å²) in [4.78, 5) is 20.9. The number of hydrogen-bond acceptors (Lipinski definition) is 4. The molecule has 0 radical (unpaired) electrons. The van der Waals surface area contributed by atoms with Gasteiger partial charge in [-0.2, -0.15) is 0 Å². The van der Waals surface area contributed by atoms with Gasteiger partial charge in [-0.25, -0.2) is 19.2 Å². The van der Waals surface area contributed by atoms with Gasteiger partial charge < -0.3 is 15.0 Å². The minimum Gasteiger partial charge on any atom is -0.460 e. The van der Waals surface area contributed by atoms with E-state index in [-0.39, 0.29) is 18.1 Å². The van der Waals surface area contributed by atoms with Crippen molar-refractivity contribution in [1.82, 2.24) is 20.2 Å². The predicted molar refractivity (Wildman–Crippen MR) is 66.3 cm³/mol. The van der Waals surface area contributed by atoms with Crippen molar-refractivity contribution in [2.45, 2.75) is 25.9 Å². The number of aromatic nitrogens is 2. The van der Waals surface area contributed by atoms with Crippen LogP contribution in [0.15, 0.2) is 12.4 Å². The number of nitrogens with zero attached hydrogens (tertiary/aromatic N) is 3. The van der Waals surface area contributed by atoms with Crippen molar-refractivity contribution in [2.24, 2.45) is 0 Å². The largest absolute Gasteiger partial charge is 0.460 e. The summed E-state index contributed by atoms with van der Waals surface area (Å²) in [5, 5.41) is 2.77. The Morgan fingerprint density at radius 1 is 1.47 bits per heavy atom. The van der Waals surface area contributed by atoms with E-state index >= 15 is 0 Å². The topological polar surface area (TPSA) is 67.4 Å². The Morgan fingerprint density at radius 2 is 2.11 bits per heavy atom. The SMILES string of the molecule is CCNC(=O)N1CCC(Oc2ncc(F)cn2)CC1. The molecular weight excluding hydrogens is 251 g/mol. The van der Waals surface area contributed by atoms with Crippen LogP contribution in [0.3, 0.4) is 0 Å². The van der Waals surface area contributed by atoms with E-state index in [0.717, 1.165) is 25.2 Å². The highest BCUT2D eigenvalue weighted by molar-refractivity contribution is 5.74. The van der Waals surface area contributed by atoms with Crippen molar-refractivity contribution in [3.63, 3.8) is 0 Å². The standard InChI is InChI=1S/C12H17FN4O2/c1-2-14-12(18)17-5-3-10(4-6-17)19-11-15-7-9(13)8-16-11/h7-8,10H,2-6H2,1H3,(H,14,18). The summed E-state index contributed by atoms with van der Waals surface area (Å²) in [5.41, 5.74) is 0. The number of hydrogen-bond donors (Lipinski definition) is 1. The van der Waals surface area contributed by atoms with Crippen LogP contribution >= 0.6 is 0 Å². The van der Waals surface area contributed by atoms with E-state index < -0.39 is 5.82 Å². The van der Waals surface area contributed by atoms with Gasteiger partial charge in [-0.15, -0.1) is 0 Å². The van der Waals surface area contributed by atoms with Gasteiger partial charge >= 0.3 is 12.0 Å². The fraction of sp³-hybridized carbons (Fsp3) is 0.583. The zero-order valence-corrected chi connectivity index (χ0v) is 10.8. The molecule has 19 heavy (non-hydrogen) atoms. The van der Waals surface area contributed by atoms with Crippen molar-refractivity contribution >= 4 is 6.03 Å². The molecule has 0 unspecified atom stereocenters. The fourth-order valence-corrected chi connectivity index (χ4v) is 1.95. The van der Waals surface area contributed by atoms with Gasteiger partial charge in [-0.1, -0.05) is 0 Å². The van der Waals surface area contributed by atoms with Gasteiger partial charge in [0.1, 0.15) is 6.10 Å². The molecule has 1 N–H and O–H groups in total. The summed E-state index contributed by atoms with van der Waals surface area (Å²) in [6.45, 7) is 3.79. The van der Waals surface area contributed by atoms with Crippen LogP contribution < -0.4 is 10.1 Å². The number of halogens is 1. The van der Waals surface area contributed by atoms with E-state index in [9.17, 15) is 9.18 Å². The van der Waals surface area contributed by atoms with Crippen LogP contribution in [0.25, 0.3) is 0 Å². The average molecular weight is 268 g/mol. The number of rotatable bonds is 3. The van der Waals surface area contributed by atoms with Crippen molar-refractivity contribution < 1.29 is 13.9 Å². The molecule has 2 rings (SSSR count). The lowest BCUT2D eigenvalue weighted by molar-refractivity contribution is 0.103. The molecule has 0 saturated carbocycles. The number of amides is 2. The number of nitrogens with one attached hydrogen (secondary N) is 1. The molecule has 0 aromatic carbocycles. The van der Waals surface area contributed by atoms with Gasteiger partial charge in [0, 0.05) is 32.5 Å². The van der Waals surface area contributed by atoms with Crippen molar-refractivity contribution in [3.8, 4) is 6.01 Å². The molecule has 0 atom stereocenters. The quantitative estimate of drug-likeness (QED) is 0.894. The van der Waals surface area contributed by atoms with E-state index in [2.05, 4.69) is 15.3 Å². The van der Waals surface area contributed by atoms with Crippen molar-refractivity contribution in [3.05, 3.63) is 18.2 Å². The highest BCUT2D eigenvalue weighted by Gasteiger charge is 2.24. The molecule has 1 aromatic rings. The van der Waals surface area contributed by atoms with E-state index in [1.165, 1.54) is 0 Å². The van der Waals surface area contributed by atoms with E-state index in [1.807, 2.05) is 6.92 Å². The molecule has 1 saturated heterocycles. The molecule has 2 heterocycles. The molecule has 1 aromatic heterocycles. The second kappa shape index (κ2) is 6.31. The van der Waals surface area contributed by atoms with Crippen LogP contribution in [-0.2, 0) is 0 Å². The third-order valence-electron chi connectivity index (χ3n) is 2.93. The molecule has 0 aliphatic carbocycles. The average Bonchev–Trinajstić information content (AvgIpc) is 2.42. The molecule has 0 bridgehead atoms. The lowest BCUT2D eigenvalue weighted by Crippen LogP contribution is -2.46. The van der Waals surface area contributed by atoms with Crippen LogP contribution in [0.5, 0.6) is 6.01 Å². The van der Waals surface area contributed by atoms with Crippen molar-refractivity contribution in [2.75, 3.05) is 19.6 Å². The summed E-state index contributed by atoms with van der Waals surface area (Å²) in [6, 6.07) is 0.136. The summed E-state index contributed by atoms with van der Waals surface area (Å²) in [7, 11) is 0. The Labute approximate surface area is 111 Å². The van der Waals surface area contributed by atoms with Crippen LogP contribution in [-0.4, -0.2) is 46.6 Å². The van der Waals surface area contributed by atoms with E-state index in [0.29, 0.717) is 19.6 Å². The molecule has 1 fully saturated rings. The highest BCUT2D eigenvalue weighted by Crippen LogP contribution is 2.15. The first-order chi connectivity index (χ1) is 9.19. The van der Waals surface area contributed by atoms with E-state index in [1.54, 1.807) is 4.90 Å². The Bertz CT molecular complexity index is 418. The highest BCUT2D eigenvalue weighted by atomic mass is 19.1. The smallest absolute Gasteiger partial charge is 0.317 e. The van der Waals surface area contributed by atoms with Crippen LogP contribution in [0, 0.1) is 5.82 Å². The van der Waals surface area contributed by atoms with Gasteiger partial charge in [0.2, 0.25) is 0 Å². The number of carbonyl (C=O) groups excluding carboxylic acids is 1. The summed E-state index contributed by atoms with van der Waals surface area (Å²) < 4.78 is 18.2. The number of likely N-dealkylation sites (tertiary alicyclic amines) is 1. The third-order valence-corrected chi connectivity index (χ3v) is 2.93. The first-order valence-electron chi connectivity index (χ1n) is 6.36. The molecule has 104 valence electrons. The molecule has 2 amide bonds. The fourth-order valence-electron chi connectivity index (χ4n) is 1.95. The Morgan fingerprint density at radius 3 is 2.68 bits per heavy atom. The van der Waals surface area contributed by atoms with Crippen LogP contribution in [0.2, 0.25) is 0 Å². The maximum atomic E-state index is 12.6. The number of ether oxygens (including phenoxy) is 1. The maximum absolute atomic E-state index is 12.6. The first-order valence-corrected chi connectivity index (χ1v) is 6.36. The lowest BCUT2D eigenvalue weighted by atomic mass is 10.1. The molecule has 1 aliphatic heterocycles. The van der Waals surface area contributed by atoms with Crippen LogP contribution in [0.1, 0.15) is 19.8 Å². The number of urea groups is 1. The van der Waals surface area contributed by atoms with Gasteiger partial charge in [0.15, 0.2) is 5.82 Å². The van der Waals surface area contributed by atoms with Gasteiger partial charge in [-0.3, -0.25) is 0 Å². The van der Waals surface area contributed by atoms with Gasteiger partial charge in [-0.05, 0) is 6.92 Å². The van der Waals surface area contributed by atoms with Crippen LogP contribution in [0.4, 0.5) is 9.18 Å². The predicted octanol–water partition coefficient (Wildman–Crippen LogP) is 1.19. The van der Waals surface area contributed by atoms with Gasteiger partial charge in [0.05, 0.1) is 12.4 Å². The molecule has 7 heteroatoms. The maximum Gasteiger partial charge on any atom is 0.317 e. The first kappa shape index (κ1) is 13.5. The summed E-state index contributed by atoms with van der Waals surface area (Å²) in [5.74, 6) is -0.488. The van der Waals surface area contributed by atoms with E-state index in [4.69, 9.17) is 4.74 Å². The van der Waals surface area contributed by atoms with Crippen molar-refractivity contribution in [1.29, 1.82) is 0 Å². The minimum atomic E-state index is -0.488. The van der Waals surface area contributed by atoms with Gasteiger partial charge in [0.25, 0.3) is 0 Å². The number of piperidine rings is 1. The Kier molecular flexibility index (Phi) is 4.48. The monoisotopic (exact) mass is 268 g/mol. The molecule has 1 aliphatic rings. The minimum absolute atomic E-state index is 0.0314. The summed E-state index contributed by atoms with van der Waals surface area (Å²) >= 11 is 0. The summed E-state index contributed by atoms with van der Waals surface area (Å²) in [6.07, 6.45) is 3.56.